The molecule has 0 fully saturated rings. The van der Waals surface area contributed by atoms with Crippen LogP contribution in [0.4, 0.5) is 24.0 Å². The Balaban J connectivity index is 1.55. The van der Waals surface area contributed by atoms with Crippen LogP contribution in [0.5, 0.6) is 5.75 Å². The van der Waals surface area contributed by atoms with Gasteiger partial charge in [-0.3, -0.25) is 0 Å². The Hall–Kier alpha value is -2.04. The van der Waals surface area contributed by atoms with Gasteiger partial charge in [0.05, 0.1) is 0 Å². The van der Waals surface area contributed by atoms with Gasteiger partial charge in [0.2, 0.25) is 5.13 Å². The van der Waals surface area contributed by atoms with E-state index in [0.717, 1.165) is 9.90 Å². The Morgan fingerprint density at radius 3 is 2.54 bits per heavy atom. The zero-order valence-corrected chi connectivity index (χ0v) is 15.2. The van der Waals surface area contributed by atoms with Gasteiger partial charge in [0, 0.05) is 17.6 Å². The van der Waals surface area contributed by atoms with Gasteiger partial charge in [0.25, 0.3) is 0 Å². The number of rotatable bonds is 6. The van der Waals surface area contributed by atoms with E-state index < -0.39 is 6.36 Å². The lowest BCUT2D eigenvalue weighted by Crippen LogP contribution is -2.16. The van der Waals surface area contributed by atoms with Crippen LogP contribution >= 0.6 is 34.7 Å². The Bertz CT molecular complexity index is 857. The summed E-state index contributed by atoms with van der Waals surface area (Å²) in [6.45, 7) is 0. The molecule has 0 aliphatic rings. The van der Waals surface area contributed by atoms with Gasteiger partial charge in [-0.2, -0.15) is 0 Å². The lowest BCUT2D eigenvalue weighted by atomic mass is 10.3. The fraction of sp³-hybridized carbons (Fsp3) is 0.133. The number of hydrogen-bond acceptors (Lipinski definition) is 7. The van der Waals surface area contributed by atoms with Crippen molar-refractivity contribution in [3.05, 3.63) is 53.3 Å². The Kier molecular flexibility index (Phi) is 5.84. The molecule has 1 N–H and O–H groups in total. The fourth-order valence-corrected chi connectivity index (χ4v) is 3.64. The van der Waals surface area contributed by atoms with Crippen molar-refractivity contribution in [1.82, 2.24) is 15.2 Å². The second-order valence-electron chi connectivity index (χ2n) is 4.85. The highest BCUT2D eigenvalue weighted by atomic mass is 35.5. The number of anilines is 2. The van der Waals surface area contributed by atoms with Crippen LogP contribution in [-0.4, -0.2) is 21.5 Å². The van der Waals surface area contributed by atoms with E-state index >= 15 is 0 Å². The highest BCUT2D eigenvalue weighted by molar-refractivity contribution is 8.00. The van der Waals surface area contributed by atoms with E-state index in [1.165, 1.54) is 47.4 Å². The molecule has 0 saturated carbocycles. The highest BCUT2D eigenvalue weighted by Crippen LogP contribution is 2.31. The topological polar surface area (TPSA) is 59.9 Å². The molecule has 0 saturated heterocycles. The van der Waals surface area contributed by atoms with Gasteiger partial charge in [0.1, 0.15) is 10.9 Å². The summed E-state index contributed by atoms with van der Waals surface area (Å²) in [4.78, 5) is 4.01. The number of nitrogens with one attached hydrogen (secondary N) is 1. The van der Waals surface area contributed by atoms with Gasteiger partial charge in [-0.15, -0.1) is 23.4 Å². The molecule has 2 aromatic heterocycles. The quantitative estimate of drug-likeness (QED) is 0.420. The lowest BCUT2D eigenvalue weighted by Gasteiger charge is -2.09. The second kappa shape index (κ2) is 8.11. The lowest BCUT2D eigenvalue weighted by molar-refractivity contribution is -0.274. The van der Waals surface area contributed by atoms with E-state index in [9.17, 15) is 13.2 Å². The van der Waals surface area contributed by atoms with Crippen molar-refractivity contribution in [2.24, 2.45) is 0 Å². The summed E-state index contributed by atoms with van der Waals surface area (Å²) >= 11 is 8.57. The van der Waals surface area contributed by atoms with Crippen LogP contribution in [0.25, 0.3) is 0 Å². The average Bonchev–Trinajstić information content (AvgIpc) is 3.02. The molecule has 3 rings (SSSR count). The zero-order valence-electron chi connectivity index (χ0n) is 12.8. The molecule has 136 valence electrons. The molecule has 11 heteroatoms. The van der Waals surface area contributed by atoms with Gasteiger partial charge in [0.15, 0.2) is 4.34 Å². The Morgan fingerprint density at radius 2 is 1.88 bits per heavy atom. The summed E-state index contributed by atoms with van der Waals surface area (Å²) in [6.07, 6.45) is -3.01. The van der Waals surface area contributed by atoms with Gasteiger partial charge in [-0.05, 0) is 35.9 Å². The first-order valence-corrected chi connectivity index (χ1v) is 9.25. The third-order valence-electron chi connectivity index (χ3n) is 2.90. The van der Waals surface area contributed by atoms with Crippen molar-refractivity contribution >= 4 is 45.5 Å². The number of aromatic nitrogens is 3. The number of hydrogen-bond donors (Lipinski definition) is 1. The first kappa shape index (κ1) is 18.7. The molecule has 0 amide bonds. The molecule has 0 aliphatic carbocycles. The number of nitrogens with zero attached hydrogens (tertiary/aromatic N) is 3. The molecule has 0 radical (unpaired) electrons. The molecule has 0 atom stereocenters. The van der Waals surface area contributed by atoms with Gasteiger partial charge in [-0.1, -0.05) is 40.8 Å². The summed E-state index contributed by atoms with van der Waals surface area (Å²) in [5.74, 6) is 0.385. The predicted octanol–water partition coefficient (Wildman–Crippen LogP) is 5.52. The minimum Gasteiger partial charge on any atom is -0.406 e. The SMILES string of the molecule is FC(F)(F)Oc1ccc(Nc2nnc(SCc3ccc(Cl)nc3)s2)cc1. The maximum atomic E-state index is 12.1. The van der Waals surface area contributed by atoms with E-state index in [1.54, 1.807) is 12.3 Å². The molecule has 0 spiro atoms. The van der Waals surface area contributed by atoms with E-state index in [2.05, 4.69) is 25.2 Å². The van der Waals surface area contributed by atoms with Crippen LogP contribution in [-0.2, 0) is 5.75 Å². The minimum absolute atomic E-state index is 0.284. The van der Waals surface area contributed by atoms with Crippen molar-refractivity contribution in [3.8, 4) is 5.75 Å². The number of alkyl halides is 3. The summed E-state index contributed by atoms with van der Waals surface area (Å²) in [5, 5.41) is 12.0. The van der Waals surface area contributed by atoms with Crippen LogP contribution in [0.15, 0.2) is 46.9 Å². The van der Waals surface area contributed by atoms with Crippen molar-refractivity contribution in [2.75, 3.05) is 5.32 Å². The zero-order chi connectivity index (χ0) is 18.6. The monoisotopic (exact) mass is 418 g/mol. The van der Waals surface area contributed by atoms with E-state index in [4.69, 9.17) is 11.6 Å². The van der Waals surface area contributed by atoms with Crippen LogP contribution in [0.1, 0.15) is 5.56 Å². The highest BCUT2D eigenvalue weighted by Gasteiger charge is 2.30. The number of benzene rings is 1. The van der Waals surface area contributed by atoms with E-state index in [0.29, 0.717) is 21.7 Å². The summed E-state index contributed by atoms with van der Waals surface area (Å²) in [5.41, 5.74) is 1.58. The summed E-state index contributed by atoms with van der Waals surface area (Å²) < 4.78 is 41.0. The van der Waals surface area contributed by atoms with Gasteiger partial charge in [-0.25, -0.2) is 4.98 Å². The number of ether oxygens (including phenoxy) is 1. The summed E-state index contributed by atoms with van der Waals surface area (Å²) in [7, 11) is 0. The largest absolute Gasteiger partial charge is 0.573 e. The molecule has 5 nitrogen and oxygen atoms in total. The molecular formula is C15H10ClF3N4OS2. The van der Waals surface area contributed by atoms with Gasteiger partial charge >= 0.3 is 6.36 Å². The van der Waals surface area contributed by atoms with Crippen molar-refractivity contribution in [1.29, 1.82) is 0 Å². The van der Waals surface area contributed by atoms with Crippen LogP contribution in [0.3, 0.4) is 0 Å². The van der Waals surface area contributed by atoms with Crippen molar-refractivity contribution in [3.63, 3.8) is 0 Å². The fourth-order valence-electron chi connectivity index (χ4n) is 1.82. The number of thioether (sulfide) groups is 1. The number of pyridine rings is 1. The van der Waals surface area contributed by atoms with Gasteiger partial charge < -0.3 is 10.1 Å². The standard InChI is InChI=1S/C15H10ClF3N4OS2/c16-12-6-1-9(7-20-12)8-25-14-23-22-13(26-14)21-10-2-4-11(5-3-10)24-15(17,18)19/h1-7H,8H2,(H,21,22). The van der Waals surface area contributed by atoms with Crippen LogP contribution in [0.2, 0.25) is 5.15 Å². The Labute approximate surface area is 159 Å². The normalized spacial score (nSPS) is 11.4. The third-order valence-corrected chi connectivity index (χ3v) is 5.16. The maximum absolute atomic E-state index is 12.1. The second-order valence-corrected chi connectivity index (χ2v) is 7.44. The van der Waals surface area contributed by atoms with E-state index in [1.807, 2.05) is 6.07 Å². The van der Waals surface area contributed by atoms with Crippen LogP contribution < -0.4 is 10.1 Å². The van der Waals surface area contributed by atoms with Crippen molar-refractivity contribution < 1.29 is 17.9 Å². The molecule has 26 heavy (non-hydrogen) atoms. The molecule has 0 unspecified atom stereocenters. The third kappa shape index (κ3) is 5.75. The molecule has 0 bridgehead atoms. The molecule has 1 aromatic carbocycles. The maximum Gasteiger partial charge on any atom is 0.573 e. The molecule has 0 aliphatic heterocycles. The van der Waals surface area contributed by atoms with E-state index in [-0.39, 0.29) is 5.75 Å². The molecular weight excluding hydrogens is 409 g/mol. The van der Waals surface area contributed by atoms with Crippen molar-refractivity contribution in [2.45, 2.75) is 16.5 Å². The van der Waals surface area contributed by atoms with Crippen LogP contribution in [0, 0.1) is 0 Å². The molecule has 3 aromatic rings. The minimum atomic E-state index is -4.71. The molecule has 2 heterocycles. The first-order valence-electron chi connectivity index (χ1n) is 7.07. The smallest absolute Gasteiger partial charge is 0.406 e. The Morgan fingerprint density at radius 1 is 1.12 bits per heavy atom. The summed E-state index contributed by atoms with van der Waals surface area (Å²) in [6, 6.07) is 8.98. The predicted molar refractivity (Wildman–Crippen MR) is 95.1 cm³/mol. The number of halogens is 4. The average molecular weight is 419 g/mol. The first-order chi connectivity index (χ1) is 12.4.